The van der Waals surface area contributed by atoms with Crippen molar-refractivity contribution < 1.29 is 19.1 Å². The van der Waals surface area contributed by atoms with Crippen LogP contribution in [0.15, 0.2) is 24.3 Å². The Kier molecular flexibility index (Phi) is 9.52. The van der Waals surface area contributed by atoms with E-state index in [9.17, 15) is 9.59 Å². The average molecular weight is 321 g/mol. The Morgan fingerprint density at radius 1 is 0.913 bits per heavy atom. The van der Waals surface area contributed by atoms with E-state index in [2.05, 4.69) is 0 Å². The quantitative estimate of drug-likeness (QED) is 0.472. The zero-order chi connectivity index (χ0) is 16.9. The molecular weight excluding hydrogens is 294 g/mol. The molecule has 0 heterocycles. The number of hydrogen-bond acceptors (Lipinski definition) is 4. The standard InChI is InChI=1S/C18H27NO4/c1-22-16-12-10-15(11-13-16)18(21)23-14-8-6-4-2-3-5-7-9-17(19)20/h10-13H,2-9,14H2,1H3,(H2,19,20). The molecule has 0 aromatic heterocycles. The van der Waals surface area contributed by atoms with Crippen LogP contribution in [-0.4, -0.2) is 25.6 Å². The van der Waals surface area contributed by atoms with Crippen LogP contribution in [0.25, 0.3) is 0 Å². The number of unbranched alkanes of at least 4 members (excludes halogenated alkanes) is 6. The second-order valence-corrected chi connectivity index (χ2v) is 5.56. The van der Waals surface area contributed by atoms with E-state index < -0.39 is 0 Å². The third kappa shape index (κ3) is 8.86. The van der Waals surface area contributed by atoms with Gasteiger partial charge in [-0.2, -0.15) is 0 Å². The second-order valence-electron chi connectivity index (χ2n) is 5.56. The molecule has 1 aromatic rings. The largest absolute Gasteiger partial charge is 0.497 e. The maximum Gasteiger partial charge on any atom is 0.338 e. The van der Waals surface area contributed by atoms with Crippen LogP contribution < -0.4 is 10.5 Å². The van der Waals surface area contributed by atoms with Crippen LogP contribution in [0.4, 0.5) is 0 Å². The van der Waals surface area contributed by atoms with E-state index in [0.717, 1.165) is 50.7 Å². The van der Waals surface area contributed by atoms with Gasteiger partial charge in [0.05, 0.1) is 19.3 Å². The van der Waals surface area contributed by atoms with Crippen molar-refractivity contribution in [3.05, 3.63) is 29.8 Å². The topological polar surface area (TPSA) is 78.6 Å². The summed E-state index contributed by atoms with van der Waals surface area (Å²) in [6.07, 6.45) is 7.74. The Morgan fingerprint density at radius 2 is 1.48 bits per heavy atom. The molecule has 0 radical (unpaired) electrons. The number of esters is 1. The lowest BCUT2D eigenvalue weighted by Gasteiger charge is -2.06. The van der Waals surface area contributed by atoms with Crippen molar-refractivity contribution in [3.8, 4) is 5.75 Å². The first-order chi connectivity index (χ1) is 11.1. The van der Waals surface area contributed by atoms with Gasteiger partial charge in [0, 0.05) is 6.42 Å². The molecule has 1 aromatic carbocycles. The van der Waals surface area contributed by atoms with Gasteiger partial charge in [-0.1, -0.05) is 32.1 Å². The zero-order valence-corrected chi connectivity index (χ0v) is 13.9. The number of benzene rings is 1. The minimum Gasteiger partial charge on any atom is -0.497 e. The SMILES string of the molecule is COc1ccc(C(=O)OCCCCCCCCCC(N)=O)cc1. The van der Waals surface area contributed by atoms with Crippen LogP contribution in [0, 0.1) is 0 Å². The molecule has 1 amide bonds. The highest BCUT2D eigenvalue weighted by molar-refractivity contribution is 5.89. The fourth-order valence-corrected chi connectivity index (χ4v) is 2.26. The number of methoxy groups -OCH3 is 1. The summed E-state index contributed by atoms with van der Waals surface area (Å²) in [6.45, 7) is 0.451. The van der Waals surface area contributed by atoms with Gasteiger partial charge in [0.25, 0.3) is 0 Å². The Morgan fingerprint density at radius 3 is 2.04 bits per heavy atom. The van der Waals surface area contributed by atoms with E-state index in [0.29, 0.717) is 18.6 Å². The van der Waals surface area contributed by atoms with Crippen LogP contribution in [0.3, 0.4) is 0 Å². The number of nitrogens with two attached hydrogens (primary N) is 1. The molecule has 23 heavy (non-hydrogen) atoms. The number of carbonyl (C=O) groups excluding carboxylic acids is 2. The van der Waals surface area contributed by atoms with E-state index in [1.165, 1.54) is 0 Å². The monoisotopic (exact) mass is 321 g/mol. The highest BCUT2D eigenvalue weighted by atomic mass is 16.5. The van der Waals surface area contributed by atoms with E-state index in [4.69, 9.17) is 15.2 Å². The molecule has 0 unspecified atom stereocenters. The summed E-state index contributed by atoms with van der Waals surface area (Å²) in [5.41, 5.74) is 5.62. The van der Waals surface area contributed by atoms with Crippen molar-refractivity contribution >= 4 is 11.9 Å². The lowest BCUT2D eigenvalue weighted by molar-refractivity contribution is -0.118. The van der Waals surface area contributed by atoms with E-state index >= 15 is 0 Å². The molecule has 0 aliphatic heterocycles. The third-order valence-corrected chi connectivity index (χ3v) is 3.63. The second kappa shape index (κ2) is 11.5. The van der Waals surface area contributed by atoms with Gasteiger partial charge >= 0.3 is 5.97 Å². The van der Waals surface area contributed by atoms with Crippen molar-refractivity contribution in [3.63, 3.8) is 0 Å². The molecule has 0 aliphatic rings. The minimum absolute atomic E-state index is 0.219. The number of hydrogen-bond donors (Lipinski definition) is 1. The highest BCUT2D eigenvalue weighted by Gasteiger charge is 2.06. The first-order valence-electron chi connectivity index (χ1n) is 8.23. The molecule has 0 atom stereocenters. The molecule has 1 rings (SSSR count). The normalized spacial score (nSPS) is 10.3. The maximum absolute atomic E-state index is 11.8. The molecule has 0 fully saturated rings. The molecule has 5 nitrogen and oxygen atoms in total. The van der Waals surface area contributed by atoms with E-state index in [1.54, 1.807) is 31.4 Å². The maximum atomic E-state index is 11.8. The minimum atomic E-state index is -0.292. The van der Waals surface area contributed by atoms with E-state index in [1.807, 2.05) is 0 Å². The van der Waals surface area contributed by atoms with Gasteiger partial charge < -0.3 is 15.2 Å². The van der Waals surface area contributed by atoms with Crippen molar-refractivity contribution in [1.82, 2.24) is 0 Å². The molecular formula is C18H27NO4. The molecule has 0 bridgehead atoms. The molecule has 128 valence electrons. The van der Waals surface area contributed by atoms with E-state index in [-0.39, 0.29) is 11.9 Å². The van der Waals surface area contributed by atoms with Crippen LogP contribution in [0.1, 0.15) is 61.7 Å². The van der Waals surface area contributed by atoms with Crippen LogP contribution >= 0.6 is 0 Å². The molecule has 0 saturated carbocycles. The predicted molar refractivity (Wildman–Crippen MR) is 89.4 cm³/mol. The fraction of sp³-hybridized carbons (Fsp3) is 0.556. The lowest BCUT2D eigenvalue weighted by Crippen LogP contribution is -2.09. The number of primary amides is 1. The Labute approximate surface area is 138 Å². The van der Waals surface area contributed by atoms with Crippen molar-refractivity contribution in [1.29, 1.82) is 0 Å². The molecule has 2 N–H and O–H groups in total. The van der Waals surface area contributed by atoms with Crippen LogP contribution in [0.2, 0.25) is 0 Å². The Balaban J connectivity index is 1.99. The fourth-order valence-electron chi connectivity index (χ4n) is 2.26. The number of carbonyl (C=O) groups is 2. The first-order valence-corrected chi connectivity index (χ1v) is 8.23. The third-order valence-electron chi connectivity index (χ3n) is 3.63. The summed E-state index contributed by atoms with van der Waals surface area (Å²) in [5.74, 6) is 0.208. The first kappa shape index (κ1) is 19.0. The van der Waals surface area contributed by atoms with Crippen LogP contribution in [0.5, 0.6) is 5.75 Å². The number of ether oxygens (including phenoxy) is 2. The summed E-state index contributed by atoms with van der Waals surface area (Å²) in [4.78, 5) is 22.4. The Hall–Kier alpha value is -2.04. The average Bonchev–Trinajstić information content (AvgIpc) is 2.56. The predicted octanol–water partition coefficient (Wildman–Crippen LogP) is 3.46. The van der Waals surface area contributed by atoms with Gasteiger partial charge in [-0.05, 0) is 37.1 Å². The lowest BCUT2D eigenvalue weighted by atomic mass is 10.1. The number of rotatable bonds is 12. The molecule has 0 spiro atoms. The van der Waals surface area contributed by atoms with Crippen molar-refractivity contribution in [2.45, 2.75) is 51.4 Å². The summed E-state index contributed by atoms with van der Waals surface area (Å²) in [7, 11) is 1.59. The summed E-state index contributed by atoms with van der Waals surface area (Å²) < 4.78 is 10.3. The number of amides is 1. The van der Waals surface area contributed by atoms with Gasteiger partial charge in [0.1, 0.15) is 5.75 Å². The smallest absolute Gasteiger partial charge is 0.338 e. The van der Waals surface area contributed by atoms with Gasteiger partial charge in [0.15, 0.2) is 0 Å². The van der Waals surface area contributed by atoms with Crippen molar-refractivity contribution in [2.24, 2.45) is 5.73 Å². The summed E-state index contributed by atoms with van der Waals surface area (Å²) in [5, 5.41) is 0. The Bertz CT molecular complexity index is 470. The van der Waals surface area contributed by atoms with Crippen LogP contribution in [-0.2, 0) is 9.53 Å². The van der Waals surface area contributed by atoms with Gasteiger partial charge in [-0.25, -0.2) is 4.79 Å². The zero-order valence-electron chi connectivity index (χ0n) is 13.9. The molecule has 0 saturated heterocycles. The molecule has 5 heteroatoms. The van der Waals surface area contributed by atoms with Gasteiger partial charge in [-0.15, -0.1) is 0 Å². The van der Waals surface area contributed by atoms with Gasteiger partial charge in [-0.3, -0.25) is 4.79 Å². The van der Waals surface area contributed by atoms with Crippen molar-refractivity contribution in [2.75, 3.05) is 13.7 Å². The highest BCUT2D eigenvalue weighted by Crippen LogP contribution is 2.13. The van der Waals surface area contributed by atoms with Gasteiger partial charge in [0.2, 0.25) is 5.91 Å². The molecule has 0 aliphatic carbocycles. The summed E-state index contributed by atoms with van der Waals surface area (Å²) >= 11 is 0. The summed E-state index contributed by atoms with van der Waals surface area (Å²) in [6, 6.07) is 6.89.